The Balaban J connectivity index is 2.64. The lowest BCUT2D eigenvalue weighted by Gasteiger charge is -2.11. The van der Waals surface area contributed by atoms with E-state index in [2.05, 4.69) is 45.0 Å². The van der Waals surface area contributed by atoms with E-state index in [1.807, 2.05) is 11.8 Å². The molecular weight excluding hydrogens is 202 g/mol. The summed E-state index contributed by atoms with van der Waals surface area (Å²) in [6.45, 7) is 6.60. The van der Waals surface area contributed by atoms with Crippen molar-refractivity contribution in [3.63, 3.8) is 0 Å². The van der Waals surface area contributed by atoms with Crippen LogP contribution in [0.15, 0.2) is 29.2 Å². The number of nitrogens with two attached hydrogens (primary N) is 1. The fourth-order valence-electron chi connectivity index (χ4n) is 1.34. The van der Waals surface area contributed by atoms with E-state index >= 15 is 0 Å². The first-order valence-corrected chi connectivity index (χ1v) is 6.57. The summed E-state index contributed by atoms with van der Waals surface area (Å²) >= 11 is 1.93. The minimum Gasteiger partial charge on any atom is -0.324 e. The van der Waals surface area contributed by atoms with Crippen molar-refractivity contribution >= 4 is 11.8 Å². The molecule has 2 heteroatoms. The van der Waals surface area contributed by atoms with Gasteiger partial charge in [0, 0.05) is 16.2 Å². The van der Waals surface area contributed by atoms with E-state index in [0.717, 1.165) is 6.42 Å². The molecule has 0 aromatic heterocycles. The number of thioether (sulfide) groups is 1. The summed E-state index contributed by atoms with van der Waals surface area (Å²) in [5.74, 6) is 0. The molecule has 0 bridgehead atoms. The third-order valence-corrected chi connectivity index (χ3v) is 3.94. The van der Waals surface area contributed by atoms with Crippen molar-refractivity contribution < 1.29 is 0 Å². The Labute approximate surface area is 97.4 Å². The molecule has 1 aromatic carbocycles. The molecule has 0 spiro atoms. The third-order valence-electron chi connectivity index (χ3n) is 2.66. The van der Waals surface area contributed by atoms with Crippen LogP contribution in [0.5, 0.6) is 0 Å². The van der Waals surface area contributed by atoms with Crippen molar-refractivity contribution in [2.24, 2.45) is 5.73 Å². The van der Waals surface area contributed by atoms with E-state index in [1.165, 1.54) is 16.9 Å². The summed E-state index contributed by atoms with van der Waals surface area (Å²) in [5.41, 5.74) is 7.21. The molecule has 2 unspecified atom stereocenters. The summed E-state index contributed by atoms with van der Waals surface area (Å²) in [6.07, 6.45) is 2.21. The predicted octanol–water partition coefficient (Wildman–Crippen LogP) is 3.99. The van der Waals surface area contributed by atoms with E-state index in [-0.39, 0.29) is 6.04 Å². The molecular formula is C13H21NS. The zero-order valence-corrected chi connectivity index (χ0v) is 10.7. The Hall–Kier alpha value is -0.470. The van der Waals surface area contributed by atoms with Gasteiger partial charge in [0.15, 0.2) is 0 Å². The summed E-state index contributed by atoms with van der Waals surface area (Å²) in [4.78, 5) is 1.34. The number of benzene rings is 1. The van der Waals surface area contributed by atoms with Gasteiger partial charge in [-0.1, -0.05) is 32.9 Å². The van der Waals surface area contributed by atoms with Gasteiger partial charge in [0.1, 0.15) is 0 Å². The van der Waals surface area contributed by atoms with E-state index in [9.17, 15) is 0 Å². The van der Waals surface area contributed by atoms with Gasteiger partial charge in [-0.15, -0.1) is 11.8 Å². The summed E-state index contributed by atoms with van der Waals surface area (Å²) in [7, 11) is 0. The third kappa shape index (κ3) is 3.88. The Morgan fingerprint density at radius 1 is 1.13 bits per heavy atom. The first kappa shape index (κ1) is 12.6. The molecule has 0 heterocycles. The lowest BCUT2D eigenvalue weighted by Crippen LogP contribution is -2.08. The molecule has 0 aliphatic heterocycles. The summed E-state index contributed by atoms with van der Waals surface area (Å²) < 4.78 is 0. The number of hydrogen-bond acceptors (Lipinski definition) is 2. The van der Waals surface area contributed by atoms with Gasteiger partial charge in [-0.2, -0.15) is 0 Å². The van der Waals surface area contributed by atoms with Crippen LogP contribution < -0.4 is 5.73 Å². The Kier molecular flexibility index (Phi) is 5.20. The van der Waals surface area contributed by atoms with Crippen molar-refractivity contribution in [3.05, 3.63) is 29.8 Å². The van der Waals surface area contributed by atoms with Crippen molar-refractivity contribution in [2.75, 3.05) is 0 Å². The second-order valence-corrected chi connectivity index (χ2v) is 5.43. The molecule has 84 valence electrons. The minimum absolute atomic E-state index is 0.188. The highest BCUT2D eigenvalue weighted by molar-refractivity contribution is 7.99. The van der Waals surface area contributed by atoms with Crippen LogP contribution >= 0.6 is 11.8 Å². The van der Waals surface area contributed by atoms with E-state index in [4.69, 9.17) is 5.73 Å². The maximum Gasteiger partial charge on any atom is 0.0292 e. The van der Waals surface area contributed by atoms with Gasteiger partial charge in [0.25, 0.3) is 0 Å². The molecule has 1 rings (SSSR count). The minimum atomic E-state index is 0.188. The highest BCUT2D eigenvalue weighted by Gasteiger charge is 2.04. The van der Waals surface area contributed by atoms with Crippen LogP contribution in [-0.4, -0.2) is 5.25 Å². The fourth-order valence-corrected chi connectivity index (χ4v) is 2.27. The second kappa shape index (κ2) is 6.19. The van der Waals surface area contributed by atoms with Crippen molar-refractivity contribution in [3.8, 4) is 0 Å². The average Bonchev–Trinajstić information content (AvgIpc) is 2.29. The summed E-state index contributed by atoms with van der Waals surface area (Å²) in [5, 5.41) is 0.690. The van der Waals surface area contributed by atoms with Crippen LogP contribution in [0, 0.1) is 0 Å². The fraction of sp³-hybridized carbons (Fsp3) is 0.538. The monoisotopic (exact) mass is 223 g/mol. The van der Waals surface area contributed by atoms with Gasteiger partial charge in [0.05, 0.1) is 0 Å². The predicted molar refractivity (Wildman–Crippen MR) is 69.3 cm³/mol. The van der Waals surface area contributed by atoms with Crippen LogP contribution in [-0.2, 0) is 0 Å². The molecule has 1 aromatic rings. The second-order valence-electron chi connectivity index (χ2n) is 3.92. The molecule has 0 aliphatic rings. The Morgan fingerprint density at radius 3 is 2.20 bits per heavy atom. The van der Waals surface area contributed by atoms with Gasteiger partial charge < -0.3 is 5.73 Å². The highest BCUT2D eigenvalue weighted by atomic mass is 32.2. The molecule has 2 atom stereocenters. The number of hydrogen-bond donors (Lipinski definition) is 1. The molecule has 0 saturated heterocycles. The number of rotatable bonds is 5. The zero-order chi connectivity index (χ0) is 11.3. The summed E-state index contributed by atoms with van der Waals surface area (Å²) in [6, 6.07) is 8.86. The molecule has 0 amide bonds. The van der Waals surface area contributed by atoms with Gasteiger partial charge in [0.2, 0.25) is 0 Å². The van der Waals surface area contributed by atoms with Crippen LogP contribution in [0.4, 0.5) is 0 Å². The standard InChI is InChI=1S/C13H21NS/c1-4-10(3)15-12-8-6-11(7-9-12)13(14)5-2/h6-10,13H,4-5,14H2,1-3H3. The van der Waals surface area contributed by atoms with Crippen LogP contribution in [0.3, 0.4) is 0 Å². The Morgan fingerprint density at radius 2 is 1.73 bits per heavy atom. The highest BCUT2D eigenvalue weighted by Crippen LogP contribution is 2.26. The maximum absolute atomic E-state index is 5.96. The zero-order valence-electron chi connectivity index (χ0n) is 9.86. The van der Waals surface area contributed by atoms with E-state index < -0.39 is 0 Å². The van der Waals surface area contributed by atoms with Gasteiger partial charge >= 0.3 is 0 Å². The van der Waals surface area contributed by atoms with Gasteiger partial charge in [-0.25, -0.2) is 0 Å². The first-order chi connectivity index (χ1) is 7.17. The molecule has 0 saturated carbocycles. The normalized spacial score (nSPS) is 14.9. The van der Waals surface area contributed by atoms with Gasteiger partial charge in [-0.05, 0) is 30.5 Å². The van der Waals surface area contributed by atoms with Gasteiger partial charge in [-0.3, -0.25) is 0 Å². The van der Waals surface area contributed by atoms with Crippen LogP contribution in [0.1, 0.15) is 45.2 Å². The maximum atomic E-state index is 5.96. The van der Waals surface area contributed by atoms with E-state index in [1.54, 1.807) is 0 Å². The smallest absolute Gasteiger partial charge is 0.0292 e. The topological polar surface area (TPSA) is 26.0 Å². The Bertz CT molecular complexity index is 281. The van der Waals surface area contributed by atoms with Crippen LogP contribution in [0.2, 0.25) is 0 Å². The average molecular weight is 223 g/mol. The largest absolute Gasteiger partial charge is 0.324 e. The molecule has 0 fully saturated rings. The van der Waals surface area contributed by atoms with Crippen molar-refractivity contribution in [2.45, 2.75) is 49.8 Å². The molecule has 15 heavy (non-hydrogen) atoms. The van der Waals surface area contributed by atoms with Crippen LogP contribution in [0.25, 0.3) is 0 Å². The molecule has 1 nitrogen and oxygen atoms in total. The van der Waals surface area contributed by atoms with Crippen molar-refractivity contribution in [1.82, 2.24) is 0 Å². The lowest BCUT2D eigenvalue weighted by molar-refractivity contribution is 0.698. The lowest BCUT2D eigenvalue weighted by atomic mass is 10.1. The molecule has 0 aliphatic carbocycles. The van der Waals surface area contributed by atoms with Crippen molar-refractivity contribution in [1.29, 1.82) is 0 Å². The quantitative estimate of drug-likeness (QED) is 0.764. The molecule has 0 radical (unpaired) electrons. The molecule has 2 N–H and O–H groups in total. The van der Waals surface area contributed by atoms with E-state index in [0.29, 0.717) is 5.25 Å². The first-order valence-electron chi connectivity index (χ1n) is 5.69. The SMILES string of the molecule is CCC(C)Sc1ccc(C(N)CC)cc1.